The van der Waals surface area contributed by atoms with Crippen LogP contribution in [0.2, 0.25) is 0 Å². The zero-order valence-electron chi connectivity index (χ0n) is 9.27. The molecule has 4 nitrogen and oxygen atoms in total. The van der Waals surface area contributed by atoms with E-state index >= 15 is 0 Å². The Balaban J connectivity index is 3.09. The Hall–Kier alpha value is -1.33. The van der Waals surface area contributed by atoms with Gasteiger partial charge in [0.15, 0.2) is 0 Å². The highest BCUT2D eigenvalue weighted by molar-refractivity contribution is 7.92. The fourth-order valence-electron chi connectivity index (χ4n) is 1.36. The Labute approximate surface area is 95.7 Å². The fraction of sp³-hybridized carbons (Fsp3) is 0.273. The molecule has 0 amide bonds. The van der Waals surface area contributed by atoms with Crippen molar-refractivity contribution in [3.8, 4) is 0 Å². The molecule has 1 aromatic carbocycles. The third-order valence-electron chi connectivity index (χ3n) is 1.96. The van der Waals surface area contributed by atoms with E-state index in [1.54, 1.807) is 18.2 Å². The number of aliphatic hydroxyl groups excluding tert-OH is 1. The van der Waals surface area contributed by atoms with E-state index in [-0.39, 0.29) is 6.61 Å². The minimum absolute atomic E-state index is 0.126. The molecule has 0 saturated carbocycles. The van der Waals surface area contributed by atoms with E-state index in [4.69, 9.17) is 5.11 Å². The summed E-state index contributed by atoms with van der Waals surface area (Å²) in [5.74, 6) is 0. The van der Waals surface area contributed by atoms with Gasteiger partial charge in [-0.25, -0.2) is 8.42 Å². The van der Waals surface area contributed by atoms with Crippen molar-refractivity contribution in [1.29, 1.82) is 0 Å². The summed E-state index contributed by atoms with van der Waals surface area (Å²) in [5, 5.41) is 9.16. The van der Waals surface area contributed by atoms with Crippen molar-refractivity contribution in [3.05, 3.63) is 35.4 Å². The second-order valence-corrected chi connectivity index (χ2v) is 5.19. The number of nitrogens with one attached hydrogen (secondary N) is 1. The summed E-state index contributed by atoms with van der Waals surface area (Å²) >= 11 is 0. The normalized spacial score (nSPS) is 11.9. The number of rotatable bonds is 4. The van der Waals surface area contributed by atoms with E-state index in [0.29, 0.717) is 11.3 Å². The Bertz CT molecular complexity index is 492. The van der Waals surface area contributed by atoms with E-state index in [1.807, 2.05) is 19.1 Å². The van der Waals surface area contributed by atoms with Gasteiger partial charge in [0.1, 0.15) is 0 Å². The maximum atomic E-state index is 11.0. The highest BCUT2D eigenvalue weighted by atomic mass is 32.2. The highest BCUT2D eigenvalue weighted by Gasteiger charge is 2.04. The molecule has 0 spiro atoms. The first-order valence-corrected chi connectivity index (χ1v) is 6.69. The van der Waals surface area contributed by atoms with Crippen molar-refractivity contribution in [2.24, 2.45) is 0 Å². The van der Waals surface area contributed by atoms with Gasteiger partial charge in [0.05, 0.1) is 12.9 Å². The smallest absolute Gasteiger partial charge is 0.229 e. The van der Waals surface area contributed by atoms with Crippen molar-refractivity contribution >= 4 is 21.8 Å². The largest absolute Gasteiger partial charge is 0.392 e. The molecule has 0 aliphatic heterocycles. The first-order chi connectivity index (χ1) is 7.46. The van der Waals surface area contributed by atoms with Crippen LogP contribution < -0.4 is 4.72 Å². The molecule has 16 heavy (non-hydrogen) atoms. The fourth-order valence-corrected chi connectivity index (χ4v) is 1.92. The van der Waals surface area contributed by atoms with Gasteiger partial charge in [-0.2, -0.15) is 0 Å². The van der Waals surface area contributed by atoms with Crippen LogP contribution in [0.15, 0.2) is 24.3 Å². The van der Waals surface area contributed by atoms with Crippen LogP contribution in [-0.2, 0) is 16.6 Å². The predicted octanol–water partition coefficient (Wildman–Crippen LogP) is 1.58. The quantitative estimate of drug-likeness (QED) is 0.841. The summed E-state index contributed by atoms with van der Waals surface area (Å²) in [4.78, 5) is 0. The van der Waals surface area contributed by atoms with E-state index in [1.165, 1.54) is 0 Å². The highest BCUT2D eigenvalue weighted by Crippen LogP contribution is 2.18. The van der Waals surface area contributed by atoms with Crippen LogP contribution in [0.1, 0.15) is 18.1 Å². The SMILES string of the molecule is CC=Cc1ccc(NS(C)(=O)=O)cc1CO. The zero-order chi connectivity index (χ0) is 12.2. The van der Waals surface area contributed by atoms with Gasteiger partial charge >= 0.3 is 0 Å². The molecule has 0 fully saturated rings. The minimum Gasteiger partial charge on any atom is -0.392 e. The second-order valence-electron chi connectivity index (χ2n) is 3.45. The average molecular weight is 241 g/mol. The molecular weight excluding hydrogens is 226 g/mol. The lowest BCUT2D eigenvalue weighted by Crippen LogP contribution is -2.09. The van der Waals surface area contributed by atoms with Crippen molar-refractivity contribution in [1.82, 2.24) is 0 Å². The summed E-state index contributed by atoms with van der Waals surface area (Å²) in [7, 11) is -3.28. The van der Waals surface area contributed by atoms with E-state index in [0.717, 1.165) is 11.8 Å². The lowest BCUT2D eigenvalue weighted by Gasteiger charge is -2.08. The number of hydrogen-bond acceptors (Lipinski definition) is 3. The number of anilines is 1. The van der Waals surface area contributed by atoms with Crippen molar-refractivity contribution < 1.29 is 13.5 Å². The molecule has 5 heteroatoms. The van der Waals surface area contributed by atoms with Crippen molar-refractivity contribution in [2.75, 3.05) is 11.0 Å². The van der Waals surface area contributed by atoms with E-state index in [2.05, 4.69) is 4.72 Å². The molecule has 0 saturated heterocycles. The van der Waals surface area contributed by atoms with Gasteiger partial charge in [0.25, 0.3) is 0 Å². The molecule has 0 aliphatic carbocycles. The van der Waals surface area contributed by atoms with Crippen LogP contribution >= 0.6 is 0 Å². The first-order valence-electron chi connectivity index (χ1n) is 4.80. The summed E-state index contributed by atoms with van der Waals surface area (Å²) in [6.07, 6.45) is 4.80. The molecular formula is C11H15NO3S. The molecule has 1 aromatic rings. The van der Waals surface area contributed by atoms with Crippen LogP contribution in [0.25, 0.3) is 6.08 Å². The van der Waals surface area contributed by atoms with Crippen LogP contribution in [0.4, 0.5) is 5.69 Å². The van der Waals surface area contributed by atoms with Crippen molar-refractivity contribution in [2.45, 2.75) is 13.5 Å². The van der Waals surface area contributed by atoms with E-state index < -0.39 is 10.0 Å². The van der Waals surface area contributed by atoms with Gasteiger partial charge < -0.3 is 5.11 Å². The second kappa shape index (κ2) is 5.14. The van der Waals surface area contributed by atoms with Gasteiger partial charge in [0.2, 0.25) is 10.0 Å². The Morgan fingerprint density at radius 1 is 1.44 bits per heavy atom. The predicted molar refractivity (Wildman–Crippen MR) is 65.5 cm³/mol. The standard InChI is InChI=1S/C11H15NO3S/c1-3-4-9-5-6-11(7-10(9)8-13)12-16(2,14)15/h3-7,12-13H,8H2,1-2H3. The maximum Gasteiger partial charge on any atom is 0.229 e. The molecule has 1 rings (SSSR count). The Kier molecular flexibility index (Phi) is 4.09. The molecule has 0 unspecified atom stereocenters. The molecule has 0 aliphatic rings. The molecule has 0 bridgehead atoms. The number of sulfonamides is 1. The molecule has 0 radical (unpaired) electrons. The summed E-state index contributed by atoms with van der Waals surface area (Å²) in [5.41, 5.74) is 2.02. The minimum atomic E-state index is -3.28. The lowest BCUT2D eigenvalue weighted by molar-refractivity contribution is 0.281. The topological polar surface area (TPSA) is 66.4 Å². The lowest BCUT2D eigenvalue weighted by atomic mass is 10.1. The van der Waals surface area contributed by atoms with Gasteiger partial charge in [0, 0.05) is 5.69 Å². The van der Waals surface area contributed by atoms with Crippen LogP contribution in [0.3, 0.4) is 0 Å². The molecule has 2 N–H and O–H groups in total. The number of aliphatic hydroxyl groups is 1. The van der Waals surface area contributed by atoms with Gasteiger partial charge in [-0.15, -0.1) is 0 Å². The van der Waals surface area contributed by atoms with Gasteiger partial charge in [-0.05, 0) is 30.2 Å². The molecule has 0 atom stereocenters. The summed E-state index contributed by atoms with van der Waals surface area (Å²) in [6, 6.07) is 5.05. The number of benzene rings is 1. The average Bonchev–Trinajstić information content (AvgIpc) is 2.18. The molecule has 0 aromatic heterocycles. The summed E-state index contributed by atoms with van der Waals surface area (Å²) < 4.78 is 24.4. The van der Waals surface area contributed by atoms with E-state index in [9.17, 15) is 8.42 Å². The Morgan fingerprint density at radius 2 is 2.12 bits per heavy atom. The third kappa shape index (κ3) is 3.67. The maximum absolute atomic E-state index is 11.0. The third-order valence-corrected chi connectivity index (χ3v) is 2.57. The van der Waals surface area contributed by atoms with Gasteiger partial charge in [-0.1, -0.05) is 18.2 Å². The zero-order valence-corrected chi connectivity index (χ0v) is 10.1. The summed E-state index contributed by atoms with van der Waals surface area (Å²) in [6.45, 7) is 1.75. The molecule has 0 heterocycles. The number of hydrogen-bond donors (Lipinski definition) is 2. The van der Waals surface area contributed by atoms with Crippen LogP contribution in [0.5, 0.6) is 0 Å². The molecule has 88 valence electrons. The first kappa shape index (κ1) is 12.7. The number of allylic oxidation sites excluding steroid dienone is 1. The Morgan fingerprint density at radius 3 is 2.62 bits per heavy atom. The van der Waals surface area contributed by atoms with Crippen LogP contribution in [0, 0.1) is 0 Å². The van der Waals surface area contributed by atoms with Gasteiger partial charge in [-0.3, -0.25) is 4.72 Å². The monoisotopic (exact) mass is 241 g/mol. The van der Waals surface area contributed by atoms with Crippen molar-refractivity contribution in [3.63, 3.8) is 0 Å². The van der Waals surface area contributed by atoms with Crippen LogP contribution in [-0.4, -0.2) is 19.8 Å².